The molecule has 0 fully saturated rings. The summed E-state index contributed by atoms with van der Waals surface area (Å²) in [7, 11) is 1.71. The van der Waals surface area contributed by atoms with E-state index in [1.54, 1.807) is 11.9 Å². The molecule has 168 valence electrons. The summed E-state index contributed by atoms with van der Waals surface area (Å²) >= 11 is 1.19. The lowest BCUT2D eigenvalue weighted by atomic mass is 10.1. The molecular formula is C25H24N4O3S. The Balaban J connectivity index is 1.43. The second-order valence-corrected chi connectivity index (χ2v) is 9.03. The summed E-state index contributed by atoms with van der Waals surface area (Å²) < 4.78 is 7.45. The fraction of sp³-hybridized carbons (Fsp3) is 0.280. The molecule has 2 aromatic carbocycles. The van der Waals surface area contributed by atoms with Gasteiger partial charge in [-0.05, 0) is 36.8 Å². The number of hydrogen-bond donors (Lipinski definition) is 0. The molecule has 0 saturated carbocycles. The van der Waals surface area contributed by atoms with E-state index in [1.165, 1.54) is 35.1 Å². The highest BCUT2D eigenvalue weighted by atomic mass is 32.1. The molecule has 1 amide bonds. The van der Waals surface area contributed by atoms with E-state index in [1.807, 2.05) is 48.5 Å². The lowest BCUT2D eigenvalue weighted by Gasteiger charge is -2.07. The molecular weight excluding hydrogens is 436 g/mol. The van der Waals surface area contributed by atoms with E-state index in [0.29, 0.717) is 27.5 Å². The molecule has 0 spiro atoms. The first kappa shape index (κ1) is 21.3. The normalized spacial score (nSPS) is 14.8. The molecule has 5 rings (SSSR count). The van der Waals surface area contributed by atoms with Crippen LogP contribution in [-0.2, 0) is 4.79 Å². The van der Waals surface area contributed by atoms with E-state index in [-0.39, 0.29) is 11.5 Å². The molecule has 2 aromatic heterocycles. The van der Waals surface area contributed by atoms with E-state index in [9.17, 15) is 9.59 Å². The summed E-state index contributed by atoms with van der Waals surface area (Å²) in [6.07, 6.45) is 4.66. The fourth-order valence-electron chi connectivity index (χ4n) is 4.02. The van der Waals surface area contributed by atoms with Crippen molar-refractivity contribution in [1.82, 2.24) is 14.6 Å². The summed E-state index contributed by atoms with van der Waals surface area (Å²) in [5, 5.41) is 4.42. The van der Waals surface area contributed by atoms with Crippen molar-refractivity contribution < 1.29 is 9.53 Å². The van der Waals surface area contributed by atoms with Crippen LogP contribution in [0.25, 0.3) is 21.9 Å². The second-order valence-electron chi connectivity index (χ2n) is 8.06. The van der Waals surface area contributed by atoms with Gasteiger partial charge >= 0.3 is 0 Å². The Hall–Kier alpha value is -3.52. The fourth-order valence-corrected chi connectivity index (χ4v) is 5.01. The smallest absolute Gasteiger partial charge is 0.291 e. The van der Waals surface area contributed by atoms with Gasteiger partial charge in [0.05, 0.1) is 17.9 Å². The number of nitrogens with zero attached hydrogens (tertiary/aromatic N) is 4. The van der Waals surface area contributed by atoms with Crippen molar-refractivity contribution in [2.24, 2.45) is 0 Å². The number of carbonyl (C=O) groups is 1. The number of amides is 1. The van der Waals surface area contributed by atoms with Gasteiger partial charge in [-0.2, -0.15) is 9.50 Å². The number of rotatable bonds is 7. The van der Waals surface area contributed by atoms with E-state index in [2.05, 4.69) is 17.0 Å². The highest BCUT2D eigenvalue weighted by molar-refractivity contribution is 7.15. The largest absolute Gasteiger partial charge is 0.494 e. The van der Waals surface area contributed by atoms with Gasteiger partial charge in [-0.3, -0.25) is 9.59 Å². The molecule has 0 bridgehead atoms. The zero-order valence-corrected chi connectivity index (χ0v) is 19.4. The van der Waals surface area contributed by atoms with Crippen molar-refractivity contribution in [1.29, 1.82) is 0 Å². The molecule has 0 unspecified atom stereocenters. The minimum Gasteiger partial charge on any atom is -0.494 e. The first-order chi connectivity index (χ1) is 16.1. The van der Waals surface area contributed by atoms with Crippen LogP contribution in [0.2, 0.25) is 0 Å². The van der Waals surface area contributed by atoms with Crippen molar-refractivity contribution in [3.8, 4) is 17.1 Å². The number of ether oxygens (including phenoxy) is 1. The Morgan fingerprint density at radius 2 is 1.79 bits per heavy atom. The molecule has 1 aliphatic heterocycles. The number of carbonyl (C=O) groups excluding carboxylic acids is 1. The van der Waals surface area contributed by atoms with Crippen LogP contribution >= 0.6 is 11.3 Å². The van der Waals surface area contributed by atoms with Gasteiger partial charge in [0.15, 0.2) is 5.82 Å². The molecule has 0 radical (unpaired) electrons. The lowest BCUT2D eigenvalue weighted by Crippen LogP contribution is -2.30. The summed E-state index contributed by atoms with van der Waals surface area (Å²) in [6.45, 7) is 2.89. The maximum absolute atomic E-state index is 13.1. The summed E-state index contributed by atoms with van der Waals surface area (Å²) in [6, 6.07) is 15.1. The van der Waals surface area contributed by atoms with Crippen LogP contribution < -0.4 is 19.7 Å². The van der Waals surface area contributed by atoms with E-state index in [4.69, 9.17) is 4.74 Å². The van der Waals surface area contributed by atoms with Gasteiger partial charge < -0.3 is 9.64 Å². The summed E-state index contributed by atoms with van der Waals surface area (Å²) in [4.78, 5) is 32.6. The molecule has 0 atom stereocenters. The van der Waals surface area contributed by atoms with Crippen LogP contribution in [0.3, 0.4) is 0 Å². The number of benzene rings is 2. The number of thiazole rings is 1. The number of hydrogen-bond acceptors (Lipinski definition) is 6. The van der Waals surface area contributed by atoms with Gasteiger partial charge in [0.25, 0.3) is 11.5 Å². The molecule has 3 heterocycles. The van der Waals surface area contributed by atoms with Crippen LogP contribution in [0, 0.1) is 0 Å². The molecule has 0 aliphatic carbocycles. The Kier molecular flexibility index (Phi) is 5.68. The molecule has 7 nitrogen and oxygen atoms in total. The molecule has 4 aromatic rings. The third kappa shape index (κ3) is 3.80. The predicted octanol–water partition coefficient (Wildman–Crippen LogP) is 3.67. The third-order valence-corrected chi connectivity index (χ3v) is 6.85. The number of aromatic nitrogens is 3. The lowest BCUT2D eigenvalue weighted by molar-refractivity contribution is -0.112. The van der Waals surface area contributed by atoms with Crippen LogP contribution in [-0.4, -0.2) is 34.2 Å². The first-order valence-corrected chi connectivity index (χ1v) is 11.9. The van der Waals surface area contributed by atoms with Crippen LogP contribution in [0.5, 0.6) is 5.75 Å². The molecule has 1 aliphatic rings. The zero-order chi connectivity index (χ0) is 22.9. The third-order valence-electron chi connectivity index (χ3n) is 5.82. The number of para-hydroxylation sites is 1. The minimum atomic E-state index is -0.325. The average Bonchev–Trinajstić information content (AvgIpc) is 3.46. The van der Waals surface area contributed by atoms with Gasteiger partial charge in [-0.1, -0.05) is 55.7 Å². The Bertz CT molecular complexity index is 1440. The maximum Gasteiger partial charge on any atom is 0.291 e. The van der Waals surface area contributed by atoms with Crippen LogP contribution in [0.1, 0.15) is 38.2 Å². The number of unbranched alkanes of at least 4 members (excludes halogenated alkanes) is 3. The Morgan fingerprint density at radius 3 is 2.55 bits per heavy atom. The van der Waals surface area contributed by atoms with Crippen molar-refractivity contribution in [2.75, 3.05) is 18.6 Å². The van der Waals surface area contributed by atoms with Crippen molar-refractivity contribution in [3.63, 3.8) is 0 Å². The second kappa shape index (κ2) is 8.78. The Morgan fingerprint density at radius 1 is 1.00 bits per heavy atom. The quantitative estimate of drug-likeness (QED) is 0.393. The van der Waals surface area contributed by atoms with E-state index < -0.39 is 0 Å². The topological polar surface area (TPSA) is 76.8 Å². The molecule has 33 heavy (non-hydrogen) atoms. The van der Waals surface area contributed by atoms with Gasteiger partial charge in [0.2, 0.25) is 4.96 Å². The zero-order valence-electron chi connectivity index (χ0n) is 18.6. The summed E-state index contributed by atoms with van der Waals surface area (Å²) in [5.74, 6) is 1.09. The van der Waals surface area contributed by atoms with Crippen molar-refractivity contribution in [3.05, 3.63) is 69.0 Å². The van der Waals surface area contributed by atoms with Crippen LogP contribution in [0.4, 0.5) is 5.69 Å². The highest BCUT2D eigenvalue weighted by Gasteiger charge is 2.31. The molecule has 8 heteroatoms. The van der Waals surface area contributed by atoms with E-state index in [0.717, 1.165) is 29.0 Å². The summed E-state index contributed by atoms with van der Waals surface area (Å²) in [5.41, 5.74) is 2.45. The van der Waals surface area contributed by atoms with Gasteiger partial charge in [-0.15, -0.1) is 5.10 Å². The van der Waals surface area contributed by atoms with Gasteiger partial charge in [0.1, 0.15) is 10.3 Å². The minimum absolute atomic E-state index is 0.191. The highest BCUT2D eigenvalue weighted by Crippen LogP contribution is 2.33. The van der Waals surface area contributed by atoms with Crippen molar-refractivity contribution in [2.45, 2.75) is 32.6 Å². The van der Waals surface area contributed by atoms with Gasteiger partial charge in [0, 0.05) is 18.2 Å². The average molecular weight is 461 g/mol. The van der Waals surface area contributed by atoms with Crippen LogP contribution in [0.15, 0.2) is 53.3 Å². The molecule has 0 N–H and O–H groups in total. The number of anilines is 1. The van der Waals surface area contributed by atoms with E-state index >= 15 is 0 Å². The van der Waals surface area contributed by atoms with Gasteiger partial charge in [-0.25, -0.2) is 0 Å². The predicted molar refractivity (Wildman–Crippen MR) is 130 cm³/mol. The monoisotopic (exact) mass is 460 g/mol. The number of fused-ring (bicyclic) bond motifs is 2. The Labute approximate surface area is 194 Å². The molecule has 0 saturated heterocycles. The van der Waals surface area contributed by atoms with Crippen molar-refractivity contribution >= 4 is 33.5 Å². The SMILES string of the molecule is CCCCCCOc1ccc(-c2nc3sc(=C4C(=O)N(C)c5ccccc54)c(=O)n3n2)cc1. The maximum atomic E-state index is 13.1. The first-order valence-electron chi connectivity index (χ1n) is 11.1. The number of likely N-dealkylation sites (N-methyl/N-ethyl adjacent to an activating group) is 1. The standard InChI is InChI=1S/C25H24N4O3S/c1-3-4-5-8-15-32-17-13-11-16(12-14-17)22-26-25-29(27-22)24(31)21(33-25)20-18-9-6-7-10-19(18)28(2)23(20)30/h6-7,9-14H,3-5,8,15H2,1-2H3.